The fourth-order valence-electron chi connectivity index (χ4n) is 8.38. The maximum atomic E-state index is 10.6. The Kier molecular flexibility index (Phi) is 2.88. The Bertz CT molecular complexity index is 564. The second-order valence-electron chi connectivity index (χ2n) is 10.1. The number of allylic oxidation sites excluding steroid dienone is 1. The molecule has 4 fully saturated rings. The molecule has 0 amide bonds. The van der Waals surface area contributed by atoms with Crippen LogP contribution in [0.5, 0.6) is 0 Å². The van der Waals surface area contributed by atoms with Crippen molar-refractivity contribution in [1.29, 1.82) is 0 Å². The molecule has 0 heterocycles. The molecule has 5 aliphatic carbocycles. The normalized spacial score (nSPS) is 60.7. The predicted octanol–water partition coefficient (Wildman–Crippen LogP) is 4.06. The van der Waals surface area contributed by atoms with Crippen LogP contribution >= 0.6 is 0 Å². The standard InChI is InChI=1S/C21H32O2/c1-19-9-7-14(22)11-13(19)3-4-15-16(19)8-10-21-12-20(2,23)18(21)6-5-17(15)21/h3,14-18,22-23H,4-12H2,1-2H3. The summed E-state index contributed by atoms with van der Waals surface area (Å²) in [5.41, 5.74) is 2.04. The summed E-state index contributed by atoms with van der Waals surface area (Å²) in [5, 5.41) is 20.7. The van der Waals surface area contributed by atoms with E-state index in [4.69, 9.17) is 0 Å². The van der Waals surface area contributed by atoms with Crippen LogP contribution in [-0.4, -0.2) is 21.9 Å². The lowest BCUT2D eigenvalue weighted by Gasteiger charge is -2.65. The van der Waals surface area contributed by atoms with Crippen LogP contribution in [0.4, 0.5) is 0 Å². The molecule has 8 unspecified atom stereocenters. The highest BCUT2D eigenvalue weighted by atomic mass is 16.3. The highest BCUT2D eigenvalue weighted by molar-refractivity contribution is 5.27. The number of aliphatic hydroxyl groups is 2. The average Bonchev–Trinajstić information content (AvgIpc) is 2.82. The Labute approximate surface area is 140 Å². The maximum Gasteiger partial charge on any atom is 0.0658 e. The third kappa shape index (κ3) is 1.73. The fourth-order valence-corrected chi connectivity index (χ4v) is 8.38. The van der Waals surface area contributed by atoms with Crippen molar-refractivity contribution >= 4 is 0 Å². The minimum absolute atomic E-state index is 0.0987. The lowest BCUT2D eigenvalue weighted by molar-refractivity contribution is -0.213. The Morgan fingerprint density at radius 1 is 1.04 bits per heavy atom. The molecule has 0 radical (unpaired) electrons. The van der Waals surface area contributed by atoms with Crippen molar-refractivity contribution in [2.24, 2.45) is 34.5 Å². The minimum Gasteiger partial charge on any atom is -0.393 e. The zero-order valence-electron chi connectivity index (χ0n) is 14.7. The molecule has 23 heavy (non-hydrogen) atoms. The number of hydrogen-bond acceptors (Lipinski definition) is 2. The highest BCUT2D eigenvalue weighted by Crippen LogP contribution is 2.74. The molecule has 2 heteroatoms. The molecule has 5 aliphatic rings. The zero-order valence-corrected chi connectivity index (χ0v) is 14.7. The molecular weight excluding hydrogens is 284 g/mol. The van der Waals surface area contributed by atoms with Crippen molar-refractivity contribution < 1.29 is 10.2 Å². The van der Waals surface area contributed by atoms with Gasteiger partial charge in [-0.05, 0) is 99.2 Å². The summed E-state index contributed by atoms with van der Waals surface area (Å²) in [6.07, 6.45) is 13.1. The van der Waals surface area contributed by atoms with E-state index in [1.165, 1.54) is 38.5 Å². The topological polar surface area (TPSA) is 40.5 Å². The van der Waals surface area contributed by atoms with Gasteiger partial charge in [-0.3, -0.25) is 0 Å². The monoisotopic (exact) mass is 316 g/mol. The van der Waals surface area contributed by atoms with Crippen molar-refractivity contribution in [2.75, 3.05) is 0 Å². The molecule has 0 aliphatic heterocycles. The van der Waals surface area contributed by atoms with Gasteiger partial charge in [-0.2, -0.15) is 0 Å². The number of rotatable bonds is 0. The second kappa shape index (κ2) is 4.43. The van der Waals surface area contributed by atoms with Gasteiger partial charge in [0, 0.05) is 0 Å². The van der Waals surface area contributed by atoms with Crippen molar-refractivity contribution in [3.8, 4) is 0 Å². The average molecular weight is 316 g/mol. The van der Waals surface area contributed by atoms with Crippen LogP contribution in [0, 0.1) is 34.5 Å². The molecule has 2 N–H and O–H groups in total. The van der Waals surface area contributed by atoms with Crippen molar-refractivity contribution in [3.05, 3.63) is 11.6 Å². The summed E-state index contributed by atoms with van der Waals surface area (Å²) < 4.78 is 0. The quantitative estimate of drug-likeness (QED) is 0.662. The number of fused-ring (bicyclic) bond motifs is 4. The summed E-state index contributed by atoms with van der Waals surface area (Å²) >= 11 is 0. The van der Waals surface area contributed by atoms with E-state index in [1.807, 2.05) is 0 Å². The highest BCUT2D eigenvalue weighted by Gasteiger charge is 2.69. The first-order chi connectivity index (χ1) is 10.9. The van der Waals surface area contributed by atoms with Crippen LogP contribution in [0.3, 0.4) is 0 Å². The Balaban J connectivity index is 1.48. The molecule has 0 aromatic heterocycles. The van der Waals surface area contributed by atoms with E-state index in [1.54, 1.807) is 5.57 Å². The molecule has 128 valence electrons. The second-order valence-corrected chi connectivity index (χ2v) is 10.1. The third-order valence-electron chi connectivity index (χ3n) is 9.23. The van der Waals surface area contributed by atoms with Gasteiger partial charge in [0.05, 0.1) is 11.7 Å². The van der Waals surface area contributed by atoms with Crippen molar-refractivity contribution in [3.63, 3.8) is 0 Å². The predicted molar refractivity (Wildman–Crippen MR) is 90.8 cm³/mol. The molecule has 0 aromatic carbocycles. The first-order valence-corrected chi connectivity index (χ1v) is 9.97. The fraction of sp³-hybridized carbons (Fsp3) is 0.905. The minimum atomic E-state index is -0.379. The van der Waals surface area contributed by atoms with Gasteiger partial charge in [0.2, 0.25) is 0 Å². The number of aliphatic hydroxyl groups excluding tert-OH is 1. The van der Waals surface area contributed by atoms with Crippen LogP contribution in [0.15, 0.2) is 11.6 Å². The molecule has 1 spiro atoms. The van der Waals surface area contributed by atoms with Gasteiger partial charge in [-0.25, -0.2) is 0 Å². The molecule has 2 nitrogen and oxygen atoms in total. The first kappa shape index (κ1) is 15.0. The largest absolute Gasteiger partial charge is 0.393 e. The van der Waals surface area contributed by atoms with Gasteiger partial charge >= 0.3 is 0 Å². The molecular formula is C21H32O2. The molecule has 5 rings (SSSR count). The zero-order chi connectivity index (χ0) is 16.0. The van der Waals surface area contributed by atoms with Gasteiger partial charge < -0.3 is 10.2 Å². The van der Waals surface area contributed by atoms with Gasteiger partial charge in [-0.1, -0.05) is 18.6 Å². The van der Waals surface area contributed by atoms with Crippen molar-refractivity contribution in [1.82, 2.24) is 0 Å². The Morgan fingerprint density at radius 3 is 2.65 bits per heavy atom. The van der Waals surface area contributed by atoms with E-state index in [2.05, 4.69) is 19.9 Å². The Hall–Kier alpha value is -0.340. The first-order valence-electron chi connectivity index (χ1n) is 9.97. The van der Waals surface area contributed by atoms with Crippen LogP contribution in [0.2, 0.25) is 0 Å². The molecule has 4 saturated carbocycles. The van der Waals surface area contributed by atoms with Gasteiger partial charge in [0.25, 0.3) is 0 Å². The lowest BCUT2D eigenvalue weighted by atomic mass is 9.41. The summed E-state index contributed by atoms with van der Waals surface area (Å²) in [6, 6.07) is 0. The molecule has 0 bridgehead atoms. The smallest absolute Gasteiger partial charge is 0.0658 e. The van der Waals surface area contributed by atoms with Gasteiger partial charge in [0.15, 0.2) is 0 Å². The molecule has 8 atom stereocenters. The van der Waals surface area contributed by atoms with E-state index in [0.717, 1.165) is 37.0 Å². The van der Waals surface area contributed by atoms with Crippen LogP contribution in [0.1, 0.15) is 71.6 Å². The van der Waals surface area contributed by atoms with E-state index >= 15 is 0 Å². The summed E-state index contributed by atoms with van der Waals surface area (Å²) in [7, 11) is 0. The van der Waals surface area contributed by atoms with Gasteiger partial charge in [-0.15, -0.1) is 0 Å². The van der Waals surface area contributed by atoms with E-state index < -0.39 is 0 Å². The summed E-state index contributed by atoms with van der Waals surface area (Å²) in [4.78, 5) is 0. The maximum absolute atomic E-state index is 10.6. The van der Waals surface area contributed by atoms with Crippen molar-refractivity contribution in [2.45, 2.75) is 83.3 Å². The van der Waals surface area contributed by atoms with E-state index in [-0.39, 0.29) is 11.7 Å². The van der Waals surface area contributed by atoms with Gasteiger partial charge in [0.1, 0.15) is 0 Å². The van der Waals surface area contributed by atoms with Crippen LogP contribution < -0.4 is 0 Å². The lowest BCUT2D eigenvalue weighted by Crippen LogP contribution is -2.63. The van der Waals surface area contributed by atoms with Crippen LogP contribution in [0.25, 0.3) is 0 Å². The summed E-state index contributed by atoms with van der Waals surface area (Å²) in [5.74, 6) is 3.10. The van der Waals surface area contributed by atoms with E-state index in [9.17, 15) is 10.2 Å². The molecule has 0 aromatic rings. The third-order valence-corrected chi connectivity index (χ3v) is 9.23. The number of hydrogen-bond donors (Lipinski definition) is 2. The van der Waals surface area contributed by atoms with E-state index in [0.29, 0.717) is 16.7 Å². The Morgan fingerprint density at radius 2 is 1.87 bits per heavy atom. The summed E-state index contributed by atoms with van der Waals surface area (Å²) in [6.45, 7) is 4.59. The SMILES string of the molecule is CC1(O)CC23CCC4C(CC=C5CC(O)CCC54C)C2CCC13. The van der Waals surface area contributed by atoms with Crippen LogP contribution in [-0.2, 0) is 0 Å². The molecule has 0 saturated heterocycles.